The number of benzene rings is 2. The fourth-order valence-corrected chi connectivity index (χ4v) is 2.83. The molecule has 3 rings (SSSR count). The van der Waals surface area contributed by atoms with Crippen LogP contribution in [0.1, 0.15) is 24.1 Å². The van der Waals surface area contributed by atoms with Crippen LogP contribution in [0, 0.1) is 10.1 Å². The number of nitrogens with zero attached hydrogens (tertiary/aromatic N) is 3. The van der Waals surface area contributed by atoms with Crippen LogP contribution in [-0.4, -0.2) is 32.6 Å². The number of urea groups is 1. The maximum atomic E-state index is 12.6. The number of hydrogen-bond acceptors (Lipinski definition) is 5. The highest BCUT2D eigenvalue weighted by Crippen LogP contribution is 2.27. The molecule has 0 aliphatic carbocycles. The van der Waals surface area contributed by atoms with E-state index in [2.05, 4.69) is 0 Å². The molecule has 26 heavy (non-hydrogen) atoms. The molecule has 4 amide bonds. The fraction of sp³-hybridized carbons (Fsp3) is 0.167. The summed E-state index contributed by atoms with van der Waals surface area (Å²) in [5, 5.41) is 10.9. The van der Waals surface area contributed by atoms with E-state index in [0.29, 0.717) is 5.56 Å². The first kappa shape index (κ1) is 17.3. The highest BCUT2D eigenvalue weighted by molar-refractivity contribution is 6.44. The van der Waals surface area contributed by atoms with Crippen molar-refractivity contribution in [3.05, 3.63) is 75.8 Å². The van der Waals surface area contributed by atoms with Crippen LogP contribution in [-0.2, 0) is 16.1 Å². The number of non-ortho nitro benzene ring substituents is 1. The molecule has 8 nitrogen and oxygen atoms in total. The number of carbonyl (C=O) groups excluding carboxylic acids is 3. The van der Waals surface area contributed by atoms with Gasteiger partial charge in [-0.05, 0) is 18.1 Å². The topological polar surface area (TPSA) is 101 Å². The molecule has 0 spiro atoms. The molecule has 0 aromatic heterocycles. The third kappa shape index (κ3) is 3.04. The zero-order valence-electron chi connectivity index (χ0n) is 13.9. The zero-order chi connectivity index (χ0) is 18.8. The molecule has 1 fully saturated rings. The Labute approximate surface area is 148 Å². The second kappa shape index (κ2) is 6.75. The third-order valence-electron chi connectivity index (χ3n) is 4.22. The number of imide groups is 2. The molecule has 132 valence electrons. The van der Waals surface area contributed by atoms with Gasteiger partial charge in [0.05, 0.1) is 17.5 Å². The van der Waals surface area contributed by atoms with E-state index < -0.39 is 28.8 Å². The maximum Gasteiger partial charge on any atom is 0.335 e. The second-order valence-electron chi connectivity index (χ2n) is 5.86. The molecule has 0 N–H and O–H groups in total. The van der Waals surface area contributed by atoms with Crippen molar-refractivity contribution >= 4 is 23.5 Å². The van der Waals surface area contributed by atoms with Crippen molar-refractivity contribution in [1.29, 1.82) is 0 Å². The number of rotatable bonds is 5. The lowest BCUT2D eigenvalue weighted by Crippen LogP contribution is -2.35. The van der Waals surface area contributed by atoms with Gasteiger partial charge in [0.1, 0.15) is 0 Å². The van der Waals surface area contributed by atoms with Gasteiger partial charge in [-0.3, -0.25) is 24.6 Å². The van der Waals surface area contributed by atoms with Crippen molar-refractivity contribution < 1.29 is 19.3 Å². The van der Waals surface area contributed by atoms with Crippen molar-refractivity contribution in [3.8, 4) is 0 Å². The van der Waals surface area contributed by atoms with Gasteiger partial charge in [-0.15, -0.1) is 0 Å². The van der Waals surface area contributed by atoms with Crippen molar-refractivity contribution in [1.82, 2.24) is 9.80 Å². The number of hydrogen-bond donors (Lipinski definition) is 0. The number of amides is 4. The largest absolute Gasteiger partial charge is 0.335 e. The summed E-state index contributed by atoms with van der Waals surface area (Å²) >= 11 is 0. The monoisotopic (exact) mass is 353 g/mol. The van der Waals surface area contributed by atoms with Gasteiger partial charge in [0.2, 0.25) is 0 Å². The van der Waals surface area contributed by atoms with E-state index in [1.165, 1.54) is 18.2 Å². The summed E-state index contributed by atoms with van der Waals surface area (Å²) in [4.78, 5) is 49.2. The Kier molecular flexibility index (Phi) is 4.49. The molecule has 1 aliphatic heterocycles. The Balaban J connectivity index is 1.85. The predicted molar refractivity (Wildman–Crippen MR) is 90.7 cm³/mol. The normalized spacial score (nSPS) is 15.5. The Bertz CT molecular complexity index is 897. The first-order chi connectivity index (χ1) is 12.4. The van der Waals surface area contributed by atoms with E-state index in [1.54, 1.807) is 37.3 Å². The first-order valence-electron chi connectivity index (χ1n) is 7.87. The summed E-state index contributed by atoms with van der Waals surface area (Å²) in [7, 11) is 0. The number of nitro benzene ring substituents is 1. The van der Waals surface area contributed by atoms with Gasteiger partial charge in [-0.2, -0.15) is 0 Å². The predicted octanol–water partition coefficient (Wildman–Crippen LogP) is 2.65. The molecule has 0 bridgehead atoms. The van der Waals surface area contributed by atoms with Gasteiger partial charge in [-0.25, -0.2) is 9.69 Å². The van der Waals surface area contributed by atoms with Crippen LogP contribution in [0.2, 0.25) is 0 Å². The Hall–Kier alpha value is -3.55. The molecule has 2 aromatic rings. The maximum absolute atomic E-state index is 12.6. The van der Waals surface area contributed by atoms with Crippen LogP contribution in [0.3, 0.4) is 0 Å². The molecule has 8 heteroatoms. The third-order valence-corrected chi connectivity index (χ3v) is 4.22. The minimum absolute atomic E-state index is 0.151. The Morgan fingerprint density at radius 1 is 1.00 bits per heavy atom. The summed E-state index contributed by atoms with van der Waals surface area (Å²) in [6, 6.07) is 13.2. The standard InChI is InChI=1S/C18H15N3O5/c1-12(14-7-3-2-4-8-14)20-17(23)16(22)19(18(20)24)11-13-6-5-9-15(10-13)21(25)26/h2-10,12H,11H2,1H3. The molecule has 1 unspecified atom stereocenters. The van der Waals surface area contributed by atoms with Crippen molar-refractivity contribution in [3.63, 3.8) is 0 Å². The van der Waals surface area contributed by atoms with E-state index in [4.69, 9.17) is 0 Å². The van der Waals surface area contributed by atoms with E-state index in [1.807, 2.05) is 6.07 Å². The fourth-order valence-electron chi connectivity index (χ4n) is 2.83. The van der Waals surface area contributed by atoms with Crippen LogP contribution in [0.15, 0.2) is 54.6 Å². The summed E-state index contributed by atoms with van der Waals surface area (Å²) < 4.78 is 0. The SMILES string of the molecule is CC(c1ccccc1)N1C(=O)C(=O)N(Cc2cccc([N+](=O)[O-])c2)C1=O. The quantitative estimate of drug-likeness (QED) is 0.356. The number of carbonyl (C=O) groups is 3. The van der Waals surface area contributed by atoms with Gasteiger partial charge in [0.25, 0.3) is 5.69 Å². The van der Waals surface area contributed by atoms with Crippen LogP contribution in [0.4, 0.5) is 10.5 Å². The van der Waals surface area contributed by atoms with Crippen LogP contribution in [0.25, 0.3) is 0 Å². The minimum Gasteiger partial charge on any atom is -0.263 e. The highest BCUT2D eigenvalue weighted by Gasteiger charge is 2.46. The van der Waals surface area contributed by atoms with Gasteiger partial charge in [0, 0.05) is 12.1 Å². The van der Waals surface area contributed by atoms with Crippen LogP contribution < -0.4 is 0 Å². The summed E-state index contributed by atoms with van der Waals surface area (Å²) in [6.45, 7) is 1.46. The first-order valence-corrected chi connectivity index (χ1v) is 7.87. The molecular formula is C18H15N3O5. The summed E-state index contributed by atoms with van der Waals surface area (Å²) in [5.74, 6) is -1.85. The second-order valence-corrected chi connectivity index (χ2v) is 5.86. The lowest BCUT2D eigenvalue weighted by Gasteiger charge is -2.22. The minimum atomic E-state index is -0.940. The van der Waals surface area contributed by atoms with Crippen LogP contribution >= 0.6 is 0 Å². The van der Waals surface area contributed by atoms with Gasteiger partial charge in [-0.1, -0.05) is 42.5 Å². The molecular weight excluding hydrogens is 338 g/mol. The Morgan fingerprint density at radius 3 is 2.35 bits per heavy atom. The lowest BCUT2D eigenvalue weighted by atomic mass is 10.1. The molecule has 0 saturated carbocycles. The molecule has 1 heterocycles. The van der Waals surface area contributed by atoms with Crippen molar-refractivity contribution in [2.24, 2.45) is 0 Å². The van der Waals surface area contributed by atoms with Gasteiger partial charge < -0.3 is 0 Å². The molecule has 1 saturated heterocycles. The van der Waals surface area contributed by atoms with Crippen molar-refractivity contribution in [2.45, 2.75) is 19.5 Å². The molecule has 1 aliphatic rings. The highest BCUT2D eigenvalue weighted by atomic mass is 16.6. The van der Waals surface area contributed by atoms with Gasteiger partial charge >= 0.3 is 17.8 Å². The van der Waals surface area contributed by atoms with E-state index >= 15 is 0 Å². The zero-order valence-corrected chi connectivity index (χ0v) is 13.9. The number of nitro groups is 1. The van der Waals surface area contributed by atoms with Crippen molar-refractivity contribution in [2.75, 3.05) is 0 Å². The van der Waals surface area contributed by atoms with Crippen LogP contribution in [0.5, 0.6) is 0 Å². The van der Waals surface area contributed by atoms with Gasteiger partial charge in [0.15, 0.2) is 0 Å². The molecule has 0 radical (unpaired) electrons. The average Bonchev–Trinajstić information content (AvgIpc) is 2.85. The molecule has 1 atom stereocenters. The summed E-state index contributed by atoms with van der Waals surface area (Å²) in [6.07, 6.45) is 0. The van der Waals surface area contributed by atoms with E-state index in [-0.39, 0.29) is 12.2 Å². The lowest BCUT2D eigenvalue weighted by molar-refractivity contribution is -0.384. The average molecular weight is 353 g/mol. The smallest absolute Gasteiger partial charge is 0.263 e. The summed E-state index contributed by atoms with van der Waals surface area (Å²) in [5.41, 5.74) is 0.963. The molecule has 2 aromatic carbocycles. The van der Waals surface area contributed by atoms with E-state index in [0.717, 1.165) is 15.4 Å². The van der Waals surface area contributed by atoms with E-state index in [9.17, 15) is 24.5 Å². The Morgan fingerprint density at radius 2 is 1.69 bits per heavy atom.